The van der Waals surface area contributed by atoms with Crippen LogP contribution in [0.2, 0.25) is 0 Å². The molecule has 0 amide bonds. The van der Waals surface area contributed by atoms with Crippen molar-refractivity contribution in [2.75, 3.05) is 0 Å². The molecule has 0 fully saturated rings. The van der Waals surface area contributed by atoms with Crippen LogP contribution in [0.15, 0.2) is 41.4 Å². The normalized spacial score (nSPS) is 11.4. The van der Waals surface area contributed by atoms with E-state index in [2.05, 4.69) is 15.0 Å². The first-order chi connectivity index (χ1) is 10.5. The van der Waals surface area contributed by atoms with Crippen LogP contribution in [-0.2, 0) is 0 Å². The summed E-state index contributed by atoms with van der Waals surface area (Å²) in [5.74, 6) is 0.565. The number of aromatic hydroxyl groups is 2. The summed E-state index contributed by atoms with van der Waals surface area (Å²) in [6, 6.07) is 10.2. The second kappa shape index (κ2) is 5.44. The second-order valence-electron chi connectivity index (χ2n) is 5.11. The zero-order chi connectivity index (χ0) is 15.7. The number of phenolic OH excluding ortho intramolecular Hbond substituents is 2. The maximum Gasteiger partial charge on any atom is 0.249 e. The maximum absolute atomic E-state index is 10.1. The molecule has 0 radical (unpaired) electrons. The molecule has 0 bridgehead atoms. The summed E-state index contributed by atoms with van der Waals surface area (Å²) in [6.07, 6.45) is 1.52. The number of nitrogens with zero attached hydrogens (tertiary/aromatic N) is 3. The van der Waals surface area contributed by atoms with E-state index in [9.17, 15) is 10.2 Å². The van der Waals surface area contributed by atoms with Gasteiger partial charge in [0.2, 0.25) is 5.95 Å². The Labute approximate surface area is 127 Å². The molecular weight excluding hydrogens is 278 g/mol. The summed E-state index contributed by atoms with van der Waals surface area (Å²) in [5.41, 5.74) is 2.19. The Balaban J connectivity index is 2.11. The molecule has 110 valence electrons. The summed E-state index contributed by atoms with van der Waals surface area (Å²) in [6.45, 7) is 3.75. The lowest BCUT2D eigenvalue weighted by Gasteiger charge is -2.05. The van der Waals surface area contributed by atoms with Crippen molar-refractivity contribution in [1.29, 1.82) is 0 Å². The van der Waals surface area contributed by atoms with E-state index in [4.69, 9.17) is 0 Å². The summed E-state index contributed by atoms with van der Waals surface area (Å²) in [5, 5.41) is 21.3. The molecule has 0 unspecified atom stereocenters. The van der Waals surface area contributed by atoms with Crippen LogP contribution in [0, 0.1) is 13.8 Å². The Morgan fingerprint density at radius 3 is 2.36 bits per heavy atom. The van der Waals surface area contributed by atoms with Gasteiger partial charge in [-0.1, -0.05) is 12.1 Å². The van der Waals surface area contributed by atoms with E-state index in [1.54, 1.807) is 30.3 Å². The van der Waals surface area contributed by atoms with Gasteiger partial charge in [0.15, 0.2) is 0 Å². The standard InChI is InChI=1S/C17H15N3O2/c1-10-7-11(2)20-17(19-10)18-9-15-14-8-13(21)5-3-12(14)4-6-16(15)22/h3-9,21-22H,1-2H3/b18-9+. The van der Waals surface area contributed by atoms with Crippen molar-refractivity contribution in [2.24, 2.45) is 4.99 Å². The monoisotopic (exact) mass is 293 g/mol. The van der Waals surface area contributed by atoms with Gasteiger partial charge in [0.05, 0.1) is 0 Å². The number of aryl methyl sites for hydroxylation is 2. The highest BCUT2D eigenvalue weighted by Gasteiger charge is 2.06. The van der Waals surface area contributed by atoms with Gasteiger partial charge in [-0.25, -0.2) is 15.0 Å². The first-order valence-electron chi connectivity index (χ1n) is 6.84. The van der Waals surface area contributed by atoms with Crippen LogP contribution in [0.5, 0.6) is 11.5 Å². The molecule has 2 N–H and O–H groups in total. The molecule has 0 atom stereocenters. The average molecular weight is 293 g/mol. The topological polar surface area (TPSA) is 78.6 Å². The summed E-state index contributed by atoms with van der Waals surface area (Å²) in [4.78, 5) is 12.7. The molecule has 1 aromatic heterocycles. The SMILES string of the molecule is Cc1cc(C)nc(/N=C/c2c(O)ccc3ccc(O)cc23)n1. The molecule has 0 saturated carbocycles. The third-order valence-corrected chi connectivity index (χ3v) is 3.30. The fourth-order valence-corrected chi connectivity index (χ4v) is 2.34. The molecule has 5 nitrogen and oxygen atoms in total. The number of aliphatic imine (C=N–C) groups is 1. The highest BCUT2D eigenvalue weighted by atomic mass is 16.3. The number of benzene rings is 2. The maximum atomic E-state index is 10.1. The Kier molecular flexibility index (Phi) is 3.47. The zero-order valence-corrected chi connectivity index (χ0v) is 12.3. The highest BCUT2D eigenvalue weighted by Crippen LogP contribution is 2.28. The Morgan fingerprint density at radius 1 is 0.955 bits per heavy atom. The third kappa shape index (κ3) is 2.74. The van der Waals surface area contributed by atoms with Crippen LogP contribution in [0.4, 0.5) is 5.95 Å². The van der Waals surface area contributed by atoms with Gasteiger partial charge in [0.25, 0.3) is 0 Å². The van der Waals surface area contributed by atoms with Crippen LogP contribution >= 0.6 is 0 Å². The molecule has 3 rings (SSSR count). The predicted octanol–water partition coefficient (Wildman–Crippen LogP) is 3.41. The van der Waals surface area contributed by atoms with Crippen molar-refractivity contribution in [3.63, 3.8) is 0 Å². The van der Waals surface area contributed by atoms with E-state index in [1.165, 1.54) is 6.21 Å². The third-order valence-electron chi connectivity index (χ3n) is 3.30. The van der Waals surface area contributed by atoms with Crippen molar-refractivity contribution in [1.82, 2.24) is 9.97 Å². The van der Waals surface area contributed by atoms with E-state index >= 15 is 0 Å². The largest absolute Gasteiger partial charge is 0.508 e. The molecule has 22 heavy (non-hydrogen) atoms. The highest BCUT2D eigenvalue weighted by molar-refractivity contribution is 6.03. The molecule has 0 aliphatic heterocycles. The summed E-state index contributed by atoms with van der Waals surface area (Å²) in [7, 11) is 0. The number of hydrogen-bond acceptors (Lipinski definition) is 5. The van der Waals surface area contributed by atoms with Gasteiger partial charge in [-0.3, -0.25) is 0 Å². The van der Waals surface area contributed by atoms with Crippen LogP contribution in [0.1, 0.15) is 17.0 Å². The second-order valence-corrected chi connectivity index (χ2v) is 5.11. The molecule has 1 heterocycles. The Bertz CT molecular complexity index is 863. The van der Waals surface area contributed by atoms with Gasteiger partial charge in [-0.2, -0.15) is 0 Å². The van der Waals surface area contributed by atoms with Gasteiger partial charge in [-0.15, -0.1) is 0 Å². The van der Waals surface area contributed by atoms with Crippen molar-refractivity contribution < 1.29 is 10.2 Å². The van der Waals surface area contributed by atoms with E-state index in [-0.39, 0.29) is 11.5 Å². The number of rotatable bonds is 2. The van der Waals surface area contributed by atoms with Gasteiger partial charge in [0.1, 0.15) is 11.5 Å². The van der Waals surface area contributed by atoms with Gasteiger partial charge in [0, 0.05) is 23.2 Å². The molecule has 5 heteroatoms. The predicted molar refractivity (Wildman–Crippen MR) is 86.0 cm³/mol. The van der Waals surface area contributed by atoms with Crippen LogP contribution in [-0.4, -0.2) is 26.4 Å². The molecule has 0 aliphatic rings. The fraction of sp³-hybridized carbons (Fsp3) is 0.118. The van der Waals surface area contributed by atoms with E-state index in [0.29, 0.717) is 16.9 Å². The smallest absolute Gasteiger partial charge is 0.249 e. The minimum Gasteiger partial charge on any atom is -0.508 e. The molecule has 0 saturated heterocycles. The summed E-state index contributed by atoms with van der Waals surface area (Å²) >= 11 is 0. The quantitative estimate of drug-likeness (QED) is 0.710. The van der Waals surface area contributed by atoms with Gasteiger partial charge < -0.3 is 10.2 Å². The van der Waals surface area contributed by atoms with E-state index in [0.717, 1.165) is 16.8 Å². The molecule has 0 aliphatic carbocycles. The van der Waals surface area contributed by atoms with Crippen LogP contribution < -0.4 is 0 Å². The molecule has 3 aromatic rings. The molecular formula is C17H15N3O2. The Morgan fingerprint density at radius 2 is 1.64 bits per heavy atom. The van der Waals surface area contributed by atoms with Crippen molar-refractivity contribution >= 4 is 22.9 Å². The lowest BCUT2D eigenvalue weighted by atomic mass is 10.0. The molecule has 2 aromatic carbocycles. The first-order valence-corrected chi connectivity index (χ1v) is 6.84. The zero-order valence-electron chi connectivity index (χ0n) is 12.3. The first kappa shape index (κ1) is 14.0. The fourth-order valence-electron chi connectivity index (χ4n) is 2.34. The van der Waals surface area contributed by atoms with Crippen LogP contribution in [0.25, 0.3) is 10.8 Å². The Hall–Kier alpha value is -2.95. The minimum atomic E-state index is 0.0891. The average Bonchev–Trinajstić information content (AvgIpc) is 2.45. The number of phenols is 2. The number of hydrogen-bond donors (Lipinski definition) is 2. The van der Waals surface area contributed by atoms with Gasteiger partial charge in [-0.05, 0) is 48.9 Å². The molecule has 0 spiro atoms. The van der Waals surface area contributed by atoms with E-state index in [1.807, 2.05) is 19.9 Å². The minimum absolute atomic E-state index is 0.0891. The lowest BCUT2D eigenvalue weighted by molar-refractivity contribution is 0.474. The lowest BCUT2D eigenvalue weighted by Crippen LogP contribution is -1.91. The summed E-state index contributed by atoms with van der Waals surface area (Å²) < 4.78 is 0. The van der Waals surface area contributed by atoms with Gasteiger partial charge >= 0.3 is 0 Å². The number of aromatic nitrogens is 2. The van der Waals surface area contributed by atoms with Crippen LogP contribution in [0.3, 0.4) is 0 Å². The van der Waals surface area contributed by atoms with E-state index < -0.39 is 0 Å². The van der Waals surface area contributed by atoms with Crippen molar-refractivity contribution in [3.8, 4) is 11.5 Å². The van der Waals surface area contributed by atoms with Crippen molar-refractivity contribution in [3.05, 3.63) is 53.3 Å². The number of fused-ring (bicyclic) bond motifs is 1. The van der Waals surface area contributed by atoms with Crippen molar-refractivity contribution in [2.45, 2.75) is 13.8 Å².